The van der Waals surface area contributed by atoms with E-state index in [1.165, 1.54) is 0 Å². The third-order valence-electron chi connectivity index (χ3n) is 2.70. The van der Waals surface area contributed by atoms with Crippen molar-refractivity contribution in [1.82, 2.24) is 10.1 Å². The normalized spacial score (nSPS) is 10.6. The molecule has 0 saturated heterocycles. The minimum atomic E-state index is 0.495. The van der Waals surface area contributed by atoms with Crippen LogP contribution in [0.2, 0.25) is 0 Å². The molecule has 0 atom stereocenters. The van der Waals surface area contributed by atoms with Gasteiger partial charge in [0.15, 0.2) is 0 Å². The van der Waals surface area contributed by atoms with Crippen LogP contribution in [0.1, 0.15) is 0 Å². The molecule has 1 heterocycles. The lowest BCUT2D eigenvalue weighted by Gasteiger charge is -1.97. The lowest BCUT2D eigenvalue weighted by atomic mass is 10.2. The predicted molar refractivity (Wildman–Crippen MR) is 82.3 cm³/mol. The molecule has 0 aliphatic heterocycles. The molecule has 0 fully saturated rings. The first-order valence-electron chi connectivity index (χ1n) is 5.68. The number of anilines is 1. The zero-order valence-corrected chi connectivity index (χ0v) is 12.0. The number of benzene rings is 2. The zero-order valence-electron chi connectivity index (χ0n) is 9.88. The number of nitrogen functional groups attached to an aromatic ring is 1. The minimum absolute atomic E-state index is 0.495. The molecule has 2 N–H and O–H groups in total. The topological polar surface area (TPSA) is 64.9 Å². The van der Waals surface area contributed by atoms with E-state index in [1.54, 1.807) is 0 Å². The Morgan fingerprint density at radius 3 is 2.47 bits per heavy atom. The van der Waals surface area contributed by atoms with Gasteiger partial charge in [-0.15, -0.1) is 0 Å². The van der Waals surface area contributed by atoms with Crippen LogP contribution in [0.5, 0.6) is 0 Å². The number of hydrogen-bond acceptors (Lipinski definition) is 4. The van der Waals surface area contributed by atoms with Crippen molar-refractivity contribution >= 4 is 28.3 Å². The molecule has 0 spiro atoms. The van der Waals surface area contributed by atoms with Gasteiger partial charge in [-0.05, 0) is 59.0 Å². The smallest absolute Gasteiger partial charge is 0.258 e. The molecule has 0 amide bonds. The average molecular weight is 363 g/mol. The summed E-state index contributed by atoms with van der Waals surface area (Å²) < 4.78 is 6.38. The van der Waals surface area contributed by atoms with Gasteiger partial charge in [-0.25, -0.2) is 0 Å². The van der Waals surface area contributed by atoms with Crippen LogP contribution in [0.25, 0.3) is 22.8 Å². The van der Waals surface area contributed by atoms with E-state index in [-0.39, 0.29) is 0 Å². The Balaban J connectivity index is 2.00. The summed E-state index contributed by atoms with van der Waals surface area (Å²) in [5, 5.41) is 4.02. The Bertz CT molecular complexity index is 707. The molecule has 4 nitrogen and oxygen atoms in total. The Morgan fingerprint density at radius 2 is 1.74 bits per heavy atom. The van der Waals surface area contributed by atoms with Gasteiger partial charge in [-0.3, -0.25) is 0 Å². The first kappa shape index (κ1) is 12.2. The Labute approximate surface area is 123 Å². The Hall–Kier alpha value is -1.89. The van der Waals surface area contributed by atoms with E-state index in [0.29, 0.717) is 17.4 Å². The fourth-order valence-electron chi connectivity index (χ4n) is 1.72. The van der Waals surface area contributed by atoms with Gasteiger partial charge >= 0.3 is 0 Å². The Morgan fingerprint density at radius 1 is 1.00 bits per heavy atom. The van der Waals surface area contributed by atoms with Crippen LogP contribution in [0.4, 0.5) is 5.69 Å². The van der Waals surface area contributed by atoms with E-state index in [9.17, 15) is 0 Å². The van der Waals surface area contributed by atoms with E-state index >= 15 is 0 Å². The summed E-state index contributed by atoms with van der Waals surface area (Å²) in [6.45, 7) is 0. The monoisotopic (exact) mass is 363 g/mol. The SMILES string of the molecule is Nc1ccc(-c2nc(-c3ccccc3I)no2)cc1. The lowest BCUT2D eigenvalue weighted by Crippen LogP contribution is -1.85. The maximum absolute atomic E-state index is 5.65. The van der Waals surface area contributed by atoms with Gasteiger partial charge in [0.25, 0.3) is 5.89 Å². The lowest BCUT2D eigenvalue weighted by molar-refractivity contribution is 0.432. The molecule has 3 rings (SSSR count). The van der Waals surface area contributed by atoms with Crippen molar-refractivity contribution < 1.29 is 4.52 Å². The van der Waals surface area contributed by atoms with Crippen LogP contribution in [-0.2, 0) is 0 Å². The van der Waals surface area contributed by atoms with E-state index in [0.717, 1.165) is 14.7 Å². The van der Waals surface area contributed by atoms with Crippen LogP contribution >= 0.6 is 22.6 Å². The molecule has 0 aliphatic carbocycles. The van der Waals surface area contributed by atoms with Crippen LogP contribution in [-0.4, -0.2) is 10.1 Å². The molecule has 1 aromatic heterocycles. The molecule has 0 unspecified atom stereocenters. The standard InChI is InChI=1S/C14H10IN3O/c15-12-4-2-1-3-11(12)13-17-14(19-18-13)9-5-7-10(16)8-6-9/h1-8H,16H2. The summed E-state index contributed by atoms with van der Waals surface area (Å²) in [5.74, 6) is 1.09. The number of halogens is 1. The predicted octanol–water partition coefficient (Wildman–Crippen LogP) is 3.59. The fourth-order valence-corrected chi connectivity index (χ4v) is 2.35. The van der Waals surface area contributed by atoms with Crippen LogP contribution in [0.3, 0.4) is 0 Å². The first-order valence-corrected chi connectivity index (χ1v) is 6.76. The average Bonchev–Trinajstić information content (AvgIpc) is 2.89. The first-order chi connectivity index (χ1) is 9.24. The molecule has 3 aromatic rings. The molecule has 0 bridgehead atoms. The number of nitrogens with two attached hydrogens (primary N) is 1. The summed E-state index contributed by atoms with van der Waals surface area (Å²) in [6, 6.07) is 15.3. The molecular formula is C14H10IN3O. The highest BCUT2D eigenvalue weighted by atomic mass is 127. The number of hydrogen-bond donors (Lipinski definition) is 1. The van der Waals surface area contributed by atoms with Crippen molar-refractivity contribution in [2.24, 2.45) is 0 Å². The molecule has 0 saturated carbocycles. The van der Waals surface area contributed by atoms with E-state index < -0.39 is 0 Å². The second-order valence-corrected chi connectivity index (χ2v) is 5.19. The summed E-state index contributed by atoms with van der Waals surface area (Å²) in [5.41, 5.74) is 8.19. The minimum Gasteiger partial charge on any atom is -0.399 e. The molecule has 19 heavy (non-hydrogen) atoms. The summed E-state index contributed by atoms with van der Waals surface area (Å²) in [7, 11) is 0. The molecule has 0 radical (unpaired) electrons. The van der Waals surface area contributed by atoms with E-state index in [2.05, 4.69) is 32.7 Å². The second-order valence-electron chi connectivity index (χ2n) is 4.02. The van der Waals surface area contributed by atoms with Gasteiger partial charge in [0, 0.05) is 20.4 Å². The quantitative estimate of drug-likeness (QED) is 0.558. The van der Waals surface area contributed by atoms with Crippen LogP contribution in [0, 0.1) is 3.57 Å². The maximum atomic E-state index is 5.65. The van der Waals surface area contributed by atoms with Crippen molar-refractivity contribution in [3.05, 3.63) is 52.1 Å². The Kier molecular flexibility index (Phi) is 3.20. The van der Waals surface area contributed by atoms with Gasteiger partial charge in [-0.1, -0.05) is 17.3 Å². The highest BCUT2D eigenvalue weighted by Gasteiger charge is 2.12. The fraction of sp³-hybridized carbons (Fsp3) is 0. The van der Waals surface area contributed by atoms with Crippen LogP contribution in [0.15, 0.2) is 53.1 Å². The van der Waals surface area contributed by atoms with Crippen molar-refractivity contribution in [3.8, 4) is 22.8 Å². The van der Waals surface area contributed by atoms with Crippen molar-refractivity contribution in [3.63, 3.8) is 0 Å². The molecule has 2 aromatic carbocycles. The molecule has 5 heteroatoms. The number of nitrogens with zero attached hydrogens (tertiary/aromatic N) is 2. The number of rotatable bonds is 2. The van der Waals surface area contributed by atoms with Crippen molar-refractivity contribution in [2.45, 2.75) is 0 Å². The zero-order chi connectivity index (χ0) is 13.2. The maximum Gasteiger partial charge on any atom is 0.258 e. The van der Waals surface area contributed by atoms with Gasteiger partial charge in [0.05, 0.1) is 0 Å². The third-order valence-corrected chi connectivity index (χ3v) is 3.64. The van der Waals surface area contributed by atoms with E-state index in [1.807, 2.05) is 48.5 Å². The molecule has 0 aliphatic rings. The van der Waals surface area contributed by atoms with Gasteiger partial charge in [0.1, 0.15) is 0 Å². The van der Waals surface area contributed by atoms with Gasteiger partial charge < -0.3 is 10.3 Å². The molecule has 94 valence electrons. The van der Waals surface area contributed by atoms with E-state index in [4.69, 9.17) is 10.3 Å². The highest BCUT2D eigenvalue weighted by molar-refractivity contribution is 14.1. The largest absolute Gasteiger partial charge is 0.399 e. The number of aromatic nitrogens is 2. The summed E-state index contributed by atoms with van der Waals surface area (Å²) in [6.07, 6.45) is 0. The van der Waals surface area contributed by atoms with Gasteiger partial charge in [-0.2, -0.15) is 4.98 Å². The van der Waals surface area contributed by atoms with Gasteiger partial charge in [0.2, 0.25) is 5.82 Å². The highest BCUT2D eigenvalue weighted by Crippen LogP contribution is 2.25. The summed E-state index contributed by atoms with van der Waals surface area (Å²) in [4.78, 5) is 4.42. The van der Waals surface area contributed by atoms with Crippen molar-refractivity contribution in [2.75, 3.05) is 5.73 Å². The van der Waals surface area contributed by atoms with Crippen molar-refractivity contribution in [1.29, 1.82) is 0 Å². The summed E-state index contributed by atoms with van der Waals surface area (Å²) >= 11 is 2.25. The van der Waals surface area contributed by atoms with Crippen LogP contribution < -0.4 is 5.73 Å². The second kappa shape index (κ2) is 5.00. The molecular weight excluding hydrogens is 353 g/mol. The third kappa shape index (κ3) is 2.46.